The molecule has 2 amide bonds. The number of aryl methyl sites for hydroxylation is 2. The first kappa shape index (κ1) is 22.6. The highest BCUT2D eigenvalue weighted by atomic mass is 16.5. The summed E-state index contributed by atoms with van der Waals surface area (Å²) >= 11 is 0. The average molecular weight is 426 g/mol. The van der Waals surface area contributed by atoms with Crippen LogP contribution in [0.4, 0.5) is 11.4 Å². The Balaban J connectivity index is 1.41. The smallest absolute Gasteiger partial charge is 0.243 e. The second kappa shape index (κ2) is 10.8. The van der Waals surface area contributed by atoms with E-state index in [4.69, 9.17) is 9.47 Å². The summed E-state index contributed by atoms with van der Waals surface area (Å²) in [6, 6.07) is 13.7. The molecule has 1 aliphatic heterocycles. The highest BCUT2D eigenvalue weighted by Crippen LogP contribution is 2.20. The van der Waals surface area contributed by atoms with Crippen LogP contribution in [-0.4, -0.2) is 63.2 Å². The summed E-state index contributed by atoms with van der Waals surface area (Å²) < 4.78 is 11.1. The summed E-state index contributed by atoms with van der Waals surface area (Å²) in [5.41, 5.74) is 4.03. The van der Waals surface area contributed by atoms with Gasteiger partial charge in [-0.25, -0.2) is 0 Å². The van der Waals surface area contributed by atoms with Crippen LogP contribution in [0.5, 0.6) is 5.75 Å². The molecular weight excluding hydrogens is 394 g/mol. The Kier molecular flexibility index (Phi) is 7.89. The van der Waals surface area contributed by atoms with Gasteiger partial charge in [0, 0.05) is 31.5 Å². The van der Waals surface area contributed by atoms with Gasteiger partial charge in [-0.05, 0) is 49.7 Å². The van der Waals surface area contributed by atoms with Gasteiger partial charge in [-0.15, -0.1) is 0 Å². The normalized spacial score (nSPS) is 13.6. The third-order valence-corrected chi connectivity index (χ3v) is 5.24. The molecule has 0 bridgehead atoms. The third kappa shape index (κ3) is 6.72. The third-order valence-electron chi connectivity index (χ3n) is 5.24. The van der Waals surface area contributed by atoms with Crippen molar-refractivity contribution in [2.45, 2.75) is 20.3 Å². The molecule has 1 heterocycles. The predicted molar refractivity (Wildman–Crippen MR) is 122 cm³/mol. The maximum atomic E-state index is 12.3. The van der Waals surface area contributed by atoms with Crippen LogP contribution in [0, 0.1) is 13.8 Å². The Morgan fingerprint density at radius 2 is 1.81 bits per heavy atom. The minimum absolute atomic E-state index is 0.00634. The van der Waals surface area contributed by atoms with Crippen LogP contribution >= 0.6 is 0 Å². The first-order valence-electron chi connectivity index (χ1n) is 10.6. The highest BCUT2D eigenvalue weighted by Gasteiger charge is 2.14. The van der Waals surface area contributed by atoms with Gasteiger partial charge in [-0.3, -0.25) is 9.59 Å². The number of rotatable bonds is 8. The molecule has 1 fully saturated rings. The number of amides is 2. The molecule has 1 aliphatic rings. The Hall–Kier alpha value is -3.06. The Morgan fingerprint density at radius 3 is 2.48 bits per heavy atom. The SMILES string of the molecule is Cc1ccc(OCCC(=O)N(C)CC(=O)Nc2ccc(N3CCOCC3)cc2)c(C)c1. The molecule has 31 heavy (non-hydrogen) atoms. The molecule has 7 heteroatoms. The van der Waals surface area contributed by atoms with E-state index in [9.17, 15) is 9.59 Å². The molecule has 7 nitrogen and oxygen atoms in total. The predicted octanol–water partition coefficient (Wildman–Crippen LogP) is 3.01. The van der Waals surface area contributed by atoms with Crippen LogP contribution < -0.4 is 15.0 Å². The maximum Gasteiger partial charge on any atom is 0.243 e. The van der Waals surface area contributed by atoms with E-state index in [0.717, 1.165) is 43.3 Å². The molecule has 2 aromatic rings. The number of benzene rings is 2. The van der Waals surface area contributed by atoms with Gasteiger partial charge in [0.2, 0.25) is 11.8 Å². The number of hydrogen-bond donors (Lipinski definition) is 1. The fourth-order valence-electron chi connectivity index (χ4n) is 3.48. The van der Waals surface area contributed by atoms with Crippen molar-refractivity contribution in [1.29, 1.82) is 0 Å². The number of morpholine rings is 1. The van der Waals surface area contributed by atoms with E-state index in [2.05, 4.69) is 10.2 Å². The second-order valence-electron chi connectivity index (χ2n) is 7.81. The van der Waals surface area contributed by atoms with E-state index >= 15 is 0 Å². The van der Waals surface area contributed by atoms with Crippen molar-refractivity contribution in [3.05, 3.63) is 53.6 Å². The van der Waals surface area contributed by atoms with Gasteiger partial charge in [0.1, 0.15) is 5.75 Å². The Morgan fingerprint density at radius 1 is 1.10 bits per heavy atom. The number of nitrogens with zero attached hydrogens (tertiary/aromatic N) is 2. The van der Waals surface area contributed by atoms with E-state index in [1.54, 1.807) is 7.05 Å². The number of likely N-dealkylation sites (N-methyl/N-ethyl adjacent to an activating group) is 1. The van der Waals surface area contributed by atoms with Crippen molar-refractivity contribution in [3.63, 3.8) is 0 Å². The highest BCUT2D eigenvalue weighted by molar-refractivity contribution is 5.94. The zero-order valence-electron chi connectivity index (χ0n) is 18.5. The standard InChI is InChI=1S/C24H31N3O4/c1-18-4-9-22(19(2)16-18)31-13-10-24(29)26(3)17-23(28)25-20-5-7-21(8-6-20)27-11-14-30-15-12-27/h4-9,16H,10-15,17H2,1-3H3,(H,25,28). The maximum absolute atomic E-state index is 12.3. The minimum Gasteiger partial charge on any atom is -0.493 e. The van der Waals surface area contributed by atoms with Crippen molar-refractivity contribution in [3.8, 4) is 5.75 Å². The first-order chi connectivity index (χ1) is 14.9. The van der Waals surface area contributed by atoms with Crippen LogP contribution in [0.1, 0.15) is 17.5 Å². The van der Waals surface area contributed by atoms with Crippen molar-refractivity contribution in [2.75, 3.05) is 56.7 Å². The van der Waals surface area contributed by atoms with Crippen molar-refractivity contribution >= 4 is 23.2 Å². The molecule has 166 valence electrons. The molecule has 0 aliphatic carbocycles. The van der Waals surface area contributed by atoms with Gasteiger partial charge in [0.25, 0.3) is 0 Å². The van der Waals surface area contributed by atoms with Crippen molar-refractivity contribution in [1.82, 2.24) is 4.90 Å². The number of anilines is 2. The van der Waals surface area contributed by atoms with Gasteiger partial charge in [-0.2, -0.15) is 0 Å². The molecular formula is C24H31N3O4. The largest absolute Gasteiger partial charge is 0.493 e. The Labute approximate surface area is 183 Å². The molecule has 0 radical (unpaired) electrons. The zero-order valence-corrected chi connectivity index (χ0v) is 18.5. The van der Waals surface area contributed by atoms with E-state index in [1.807, 2.05) is 56.3 Å². The number of carbonyl (C=O) groups excluding carboxylic acids is 2. The fourth-order valence-corrected chi connectivity index (χ4v) is 3.48. The molecule has 0 spiro atoms. The number of ether oxygens (including phenoxy) is 2. The topological polar surface area (TPSA) is 71.1 Å². The number of carbonyl (C=O) groups is 2. The lowest BCUT2D eigenvalue weighted by atomic mass is 10.1. The number of hydrogen-bond acceptors (Lipinski definition) is 5. The molecule has 0 saturated carbocycles. The zero-order chi connectivity index (χ0) is 22.2. The summed E-state index contributed by atoms with van der Waals surface area (Å²) in [6.07, 6.45) is 0.214. The molecule has 0 aromatic heterocycles. The monoisotopic (exact) mass is 425 g/mol. The molecule has 0 unspecified atom stereocenters. The fraction of sp³-hybridized carbons (Fsp3) is 0.417. The van der Waals surface area contributed by atoms with Gasteiger partial charge >= 0.3 is 0 Å². The summed E-state index contributed by atoms with van der Waals surface area (Å²) in [6.45, 7) is 7.47. The number of nitrogens with one attached hydrogen (secondary N) is 1. The molecule has 0 atom stereocenters. The van der Waals surface area contributed by atoms with Crippen molar-refractivity contribution < 1.29 is 19.1 Å². The van der Waals surface area contributed by atoms with Gasteiger partial charge in [-0.1, -0.05) is 17.7 Å². The second-order valence-corrected chi connectivity index (χ2v) is 7.81. The van der Waals surface area contributed by atoms with E-state index in [1.165, 1.54) is 10.5 Å². The first-order valence-corrected chi connectivity index (χ1v) is 10.6. The van der Waals surface area contributed by atoms with E-state index in [0.29, 0.717) is 5.69 Å². The Bertz CT molecular complexity index is 892. The lowest BCUT2D eigenvalue weighted by molar-refractivity contribution is -0.133. The lowest BCUT2D eigenvalue weighted by Gasteiger charge is -2.28. The average Bonchev–Trinajstić information content (AvgIpc) is 2.76. The van der Waals surface area contributed by atoms with Crippen LogP contribution in [-0.2, 0) is 14.3 Å². The lowest BCUT2D eigenvalue weighted by Crippen LogP contribution is -2.36. The van der Waals surface area contributed by atoms with Crippen molar-refractivity contribution in [2.24, 2.45) is 0 Å². The van der Waals surface area contributed by atoms with E-state index < -0.39 is 0 Å². The summed E-state index contributed by atoms with van der Waals surface area (Å²) in [5.74, 6) is 0.409. The van der Waals surface area contributed by atoms with Gasteiger partial charge in [0.15, 0.2) is 0 Å². The quantitative estimate of drug-likeness (QED) is 0.704. The van der Waals surface area contributed by atoms with E-state index in [-0.39, 0.29) is 31.4 Å². The van der Waals surface area contributed by atoms with Gasteiger partial charge < -0.3 is 24.6 Å². The van der Waals surface area contributed by atoms with Crippen LogP contribution in [0.15, 0.2) is 42.5 Å². The van der Waals surface area contributed by atoms with Crippen LogP contribution in [0.25, 0.3) is 0 Å². The van der Waals surface area contributed by atoms with Crippen LogP contribution in [0.2, 0.25) is 0 Å². The summed E-state index contributed by atoms with van der Waals surface area (Å²) in [7, 11) is 1.63. The van der Waals surface area contributed by atoms with Gasteiger partial charge in [0.05, 0.1) is 32.8 Å². The molecule has 1 saturated heterocycles. The molecule has 3 rings (SSSR count). The minimum atomic E-state index is -0.231. The summed E-state index contributed by atoms with van der Waals surface area (Å²) in [5, 5.41) is 2.85. The summed E-state index contributed by atoms with van der Waals surface area (Å²) in [4.78, 5) is 28.3. The van der Waals surface area contributed by atoms with Crippen LogP contribution in [0.3, 0.4) is 0 Å². The molecule has 2 aromatic carbocycles. The molecule has 1 N–H and O–H groups in total.